The second-order valence-corrected chi connectivity index (χ2v) is 10.9. The lowest BCUT2D eigenvalue weighted by Gasteiger charge is -2.17. The lowest BCUT2D eigenvalue weighted by molar-refractivity contribution is 0.0492. The molecule has 2 aromatic carbocycles. The van der Waals surface area contributed by atoms with Gasteiger partial charge in [-0.2, -0.15) is 0 Å². The average molecular weight is 541 g/mol. The van der Waals surface area contributed by atoms with E-state index in [1.807, 2.05) is 24.3 Å². The van der Waals surface area contributed by atoms with E-state index in [9.17, 15) is 4.79 Å². The smallest absolute Gasteiger partial charge is 0.342 e. The molecule has 0 amide bonds. The Bertz CT molecular complexity index is 907. The number of fused-ring (bicyclic) bond motifs is 1. The van der Waals surface area contributed by atoms with Crippen molar-refractivity contribution >= 4 is 16.7 Å². The Morgan fingerprint density at radius 3 is 1.59 bits per heavy atom. The van der Waals surface area contributed by atoms with Crippen LogP contribution in [0.2, 0.25) is 0 Å². The van der Waals surface area contributed by atoms with Gasteiger partial charge in [-0.25, -0.2) is 4.79 Å². The zero-order valence-electron chi connectivity index (χ0n) is 25.4. The highest BCUT2D eigenvalue weighted by atomic mass is 16.5. The third-order valence-corrected chi connectivity index (χ3v) is 7.41. The molecule has 39 heavy (non-hydrogen) atoms. The highest BCUT2D eigenvalue weighted by Crippen LogP contribution is 2.37. The molecule has 0 aliphatic carbocycles. The van der Waals surface area contributed by atoms with Gasteiger partial charge in [0.2, 0.25) is 0 Å². The third-order valence-electron chi connectivity index (χ3n) is 7.41. The van der Waals surface area contributed by atoms with Gasteiger partial charge in [-0.3, -0.25) is 0 Å². The van der Waals surface area contributed by atoms with Crippen molar-refractivity contribution in [1.29, 1.82) is 0 Å². The fourth-order valence-corrected chi connectivity index (χ4v) is 4.99. The number of benzene rings is 2. The standard InChI is InChI=1S/C35H56O4/c1-4-7-10-13-16-21-26-37-33-29-32(35(36)39-28-23-18-15-12-9-6-3)34(31-25-20-19-24-30(31)33)38-27-22-17-14-11-8-5-2/h19-20,24-25,29H,4-18,21-23,26-28H2,1-3H3. The summed E-state index contributed by atoms with van der Waals surface area (Å²) in [6, 6.07) is 9.99. The summed E-state index contributed by atoms with van der Waals surface area (Å²) in [5, 5.41) is 1.92. The zero-order chi connectivity index (χ0) is 28.0. The predicted molar refractivity (Wildman–Crippen MR) is 165 cm³/mol. The molecule has 0 aliphatic heterocycles. The van der Waals surface area contributed by atoms with Gasteiger partial charge in [0.05, 0.1) is 19.8 Å². The molecule has 2 aromatic rings. The molecule has 4 heteroatoms. The second kappa shape index (κ2) is 21.6. The summed E-state index contributed by atoms with van der Waals surface area (Å²) in [6.07, 6.45) is 21.4. The quantitative estimate of drug-likeness (QED) is 0.0981. The van der Waals surface area contributed by atoms with Crippen molar-refractivity contribution < 1.29 is 19.0 Å². The zero-order valence-corrected chi connectivity index (χ0v) is 25.4. The van der Waals surface area contributed by atoms with Crippen molar-refractivity contribution in [1.82, 2.24) is 0 Å². The highest BCUT2D eigenvalue weighted by molar-refractivity contribution is 6.04. The Labute approximate surface area is 239 Å². The van der Waals surface area contributed by atoms with Crippen molar-refractivity contribution in [3.63, 3.8) is 0 Å². The molecule has 0 heterocycles. The van der Waals surface area contributed by atoms with E-state index in [0.29, 0.717) is 31.1 Å². The molecule has 0 bridgehead atoms. The van der Waals surface area contributed by atoms with Crippen LogP contribution in [0, 0.1) is 0 Å². The van der Waals surface area contributed by atoms with Crippen LogP contribution in [-0.2, 0) is 4.74 Å². The molecular formula is C35H56O4. The van der Waals surface area contributed by atoms with Gasteiger partial charge in [-0.15, -0.1) is 0 Å². The van der Waals surface area contributed by atoms with Gasteiger partial charge in [0.15, 0.2) is 0 Å². The van der Waals surface area contributed by atoms with Crippen LogP contribution < -0.4 is 9.47 Å². The number of ether oxygens (including phenoxy) is 3. The first-order chi connectivity index (χ1) is 19.2. The molecule has 0 atom stereocenters. The first-order valence-electron chi connectivity index (χ1n) is 16.2. The van der Waals surface area contributed by atoms with Crippen LogP contribution in [0.15, 0.2) is 30.3 Å². The molecule has 2 rings (SSSR count). The molecule has 0 aromatic heterocycles. The van der Waals surface area contributed by atoms with Crippen LogP contribution in [0.1, 0.15) is 147 Å². The number of hydrogen-bond acceptors (Lipinski definition) is 4. The summed E-state index contributed by atoms with van der Waals surface area (Å²) in [6.45, 7) is 8.41. The fourth-order valence-electron chi connectivity index (χ4n) is 4.99. The molecule has 0 fully saturated rings. The molecule has 220 valence electrons. The van der Waals surface area contributed by atoms with Crippen molar-refractivity contribution in [2.45, 2.75) is 136 Å². The van der Waals surface area contributed by atoms with Crippen LogP contribution in [0.3, 0.4) is 0 Å². The molecule has 0 radical (unpaired) electrons. The summed E-state index contributed by atoms with van der Waals surface area (Å²) in [4.78, 5) is 13.3. The van der Waals surface area contributed by atoms with Crippen molar-refractivity contribution in [2.75, 3.05) is 19.8 Å². The predicted octanol–water partition coefficient (Wildman–Crippen LogP) is 10.8. The van der Waals surface area contributed by atoms with Crippen LogP contribution >= 0.6 is 0 Å². The maximum absolute atomic E-state index is 13.3. The lowest BCUT2D eigenvalue weighted by Crippen LogP contribution is -2.11. The van der Waals surface area contributed by atoms with Gasteiger partial charge in [0.1, 0.15) is 17.1 Å². The average Bonchev–Trinajstić information content (AvgIpc) is 2.96. The summed E-state index contributed by atoms with van der Waals surface area (Å²) in [5.74, 6) is 1.08. The van der Waals surface area contributed by atoms with E-state index >= 15 is 0 Å². The number of hydrogen-bond donors (Lipinski definition) is 0. The van der Waals surface area contributed by atoms with Gasteiger partial charge in [0, 0.05) is 10.8 Å². The van der Waals surface area contributed by atoms with Crippen LogP contribution in [-0.4, -0.2) is 25.8 Å². The first kappa shape index (κ1) is 33.0. The van der Waals surface area contributed by atoms with E-state index in [4.69, 9.17) is 14.2 Å². The van der Waals surface area contributed by atoms with Gasteiger partial charge < -0.3 is 14.2 Å². The Hall–Kier alpha value is -2.23. The van der Waals surface area contributed by atoms with Crippen LogP contribution in [0.25, 0.3) is 10.8 Å². The maximum Gasteiger partial charge on any atom is 0.342 e. The SMILES string of the molecule is CCCCCCCCOC(=O)c1cc(OCCCCCCCC)c2ccccc2c1OCCCCCCCC. The fraction of sp³-hybridized carbons (Fsp3) is 0.686. The van der Waals surface area contributed by atoms with E-state index in [0.717, 1.165) is 48.6 Å². The van der Waals surface area contributed by atoms with Crippen molar-refractivity contribution in [3.05, 3.63) is 35.9 Å². The minimum atomic E-state index is -0.309. The number of carbonyl (C=O) groups excluding carboxylic acids is 1. The normalized spacial score (nSPS) is 11.2. The Morgan fingerprint density at radius 2 is 1.03 bits per heavy atom. The monoisotopic (exact) mass is 540 g/mol. The van der Waals surface area contributed by atoms with Gasteiger partial charge in [-0.05, 0) is 25.3 Å². The number of carbonyl (C=O) groups is 1. The van der Waals surface area contributed by atoms with Crippen molar-refractivity contribution in [3.8, 4) is 11.5 Å². The van der Waals surface area contributed by atoms with Crippen LogP contribution in [0.5, 0.6) is 11.5 Å². The topological polar surface area (TPSA) is 44.8 Å². The number of esters is 1. The van der Waals surface area contributed by atoms with Crippen LogP contribution in [0.4, 0.5) is 0 Å². The molecule has 0 saturated carbocycles. The first-order valence-corrected chi connectivity index (χ1v) is 16.2. The molecule has 0 saturated heterocycles. The molecular weight excluding hydrogens is 484 g/mol. The summed E-state index contributed by atoms with van der Waals surface area (Å²) < 4.78 is 18.4. The molecule has 0 unspecified atom stereocenters. The maximum atomic E-state index is 13.3. The van der Waals surface area contributed by atoms with Gasteiger partial charge >= 0.3 is 5.97 Å². The third kappa shape index (κ3) is 13.1. The minimum Gasteiger partial charge on any atom is -0.493 e. The van der Waals surface area contributed by atoms with E-state index < -0.39 is 0 Å². The highest BCUT2D eigenvalue weighted by Gasteiger charge is 2.21. The van der Waals surface area contributed by atoms with E-state index in [2.05, 4.69) is 26.8 Å². The van der Waals surface area contributed by atoms with E-state index in [1.54, 1.807) is 0 Å². The largest absolute Gasteiger partial charge is 0.493 e. The van der Waals surface area contributed by atoms with Gasteiger partial charge in [0.25, 0.3) is 0 Å². The summed E-state index contributed by atoms with van der Waals surface area (Å²) in [7, 11) is 0. The Balaban J connectivity index is 2.10. The molecule has 0 spiro atoms. The lowest BCUT2D eigenvalue weighted by atomic mass is 10.0. The Kier molecular flexibility index (Phi) is 18.2. The summed E-state index contributed by atoms with van der Waals surface area (Å²) in [5.41, 5.74) is 0.489. The summed E-state index contributed by atoms with van der Waals surface area (Å²) >= 11 is 0. The van der Waals surface area contributed by atoms with E-state index in [-0.39, 0.29) is 5.97 Å². The van der Waals surface area contributed by atoms with E-state index in [1.165, 1.54) is 83.5 Å². The Morgan fingerprint density at radius 1 is 0.564 bits per heavy atom. The molecule has 4 nitrogen and oxygen atoms in total. The number of unbranched alkanes of at least 4 members (excludes halogenated alkanes) is 15. The molecule has 0 aliphatic rings. The number of rotatable bonds is 24. The molecule has 0 N–H and O–H groups in total. The second-order valence-electron chi connectivity index (χ2n) is 10.9. The van der Waals surface area contributed by atoms with Gasteiger partial charge in [-0.1, -0.05) is 141 Å². The minimum absolute atomic E-state index is 0.309. The van der Waals surface area contributed by atoms with Crippen molar-refractivity contribution in [2.24, 2.45) is 0 Å².